The van der Waals surface area contributed by atoms with Crippen molar-refractivity contribution in [1.82, 2.24) is 14.9 Å². The smallest absolute Gasteiger partial charge is 0.141 e. The largest absolute Gasteiger partial charge is 0.207 e. The first-order valence-corrected chi connectivity index (χ1v) is 2.35. The Kier molecular flexibility index (Phi) is 1.58. The fraction of sp³-hybridized carbons (Fsp3) is 0. The number of nitrogens with zero attached hydrogens (tertiary/aromatic N) is 4. The van der Waals surface area contributed by atoms with Gasteiger partial charge in [0.1, 0.15) is 18.3 Å². The molecule has 0 saturated carbocycles. The van der Waals surface area contributed by atoms with Crippen molar-refractivity contribution >= 4 is 17.3 Å². The van der Waals surface area contributed by atoms with Crippen LogP contribution >= 0.6 is 11.6 Å². The predicted molar refractivity (Wildman–Crippen MR) is 29.8 cm³/mol. The van der Waals surface area contributed by atoms with E-state index < -0.39 is 0 Å². The topological polar surface area (TPSA) is 43.1 Å². The predicted octanol–water partition coefficient (Wildman–Crippen LogP) is 0.308. The first-order valence-electron chi connectivity index (χ1n) is 1.91. The van der Waals surface area contributed by atoms with Crippen molar-refractivity contribution in [3.63, 3.8) is 0 Å². The highest BCUT2D eigenvalue weighted by Crippen LogP contribution is 1.78. The molecule has 1 aromatic rings. The van der Waals surface area contributed by atoms with Crippen LogP contribution in [-0.4, -0.2) is 20.5 Å². The molecule has 0 bridgehead atoms. The van der Waals surface area contributed by atoms with Crippen LogP contribution in [0.15, 0.2) is 17.8 Å². The molecule has 0 saturated heterocycles. The van der Waals surface area contributed by atoms with Crippen LogP contribution in [0.2, 0.25) is 0 Å². The quantitative estimate of drug-likeness (QED) is 0.514. The molecular weight excluding hydrogens is 128 g/mol. The normalized spacial score (nSPS) is 10.6. The van der Waals surface area contributed by atoms with Crippen molar-refractivity contribution in [2.75, 3.05) is 0 Å². The third-order valence-corrected chi connectivity index (χ3v) is 0.671. The van der Waals surface area contributed by atoms with Crippen molar-refractivity contribution in [2.45, 2.75) is 0 Å². The molecule has 1 heterocycles. The molecule has 0 amide bonds. The molecule has 0 aliphatic carbocycles. The molecule has 1 aromatic heterocycles. The van der Waals surface area contributed by atoms with Crippen molar-refractivity contribution < 1.29 is 0 Å². The Bertz CT molecular complexity index is 167. The number of aromatic nitrogens is 3. The number of hydrogen-bond donors (Lipinski definition) is 0. The van der Waals surface area contributed by atoms with E-state index in [0.29, 0.717) is 0 Å². The highest BCUT2D eigenvalue weighted by atomic mass is 35.5. The second kappa shape index (κ2) is 2.42. The molecule has 42 valence electrons. The zero-order valence-corrected chi connectivity index (χ0v) is 4.65. The van der Waals surface area contributed by atoms with Gasteiger partial charge in [-0.15, -0.1) is 10.2 Å². The molecule has 4 nitrogen and oxygen atoms in total. The van der Waals surface area contributed by atoms with Gasteiger partial charge in [-0.25, -0.2) is 4.68 Å². The lowest BCUT2D eigenvalue weighted by Crippen LogP contribution is -1.79. The summed E-state index contributed by atoms with van der Waals surface area (Å²) in [6.07, 6.45) is 2.89. The van der Waals surface area contributed by atoms with E-state index in [-0.39, 0.29) is 0 Å². The lowest BCUT2D eigenvalue weighted by Gasteiger charge is -1.80. The minimum absolute atomic E-state index is 1.14. The van der Waals surface area contributed by atoms with E-state index in [1.54, 1.807) is 0 Å². The summed E-state index contributed by atoms with van der Waals surface area (Å²) in [7, 11) is 0. The zero-order chi connectivity index (χ0) is 5.82. The van der Waals surface area contributed by atoms with Crippen molar-refractivity contribution in [3.8, 4) is 0 Å². The molecule has 0 N–H and O–H groups in total. The fourth-order valence-corrected chi connectivity index (χ4v) is 0.406. The summed E-state index contributed by atoms with van der Waals surface area (Å²) in [5.74, 6) is 0. The SMILES string of the molecule is Cl/C=N/n1cnnc1. The Balaban J connectivity index is 2.77. The van der Waals surface area contributed by atoms with Crippen LogP contribution in [0.25, 0.3) is 0 Å². The maximum atomic E-state index is 5.12. The zero-order valence-electron chi connectivity index (χ0n) is 3.90. The standard InChI is InChI=1S/C3H3ClN4/c4-1-7-8-2-5-6-3-8/h1-3H/b7-1+. The molecule has 0 aliphatic heterocycles. The van der Waals surface area contributed by atoms with Crippen LogP contribution in [0.5, 0.6) is 0 Å². The van der Waals surface area contributed by atoms with Gasteiger partial charge in [0, 0.05) is 0 Å². The fourth-order valence-electron chi connectivity index (χ4n) is 0.305. The van der Waals surface area contributed by atoms with Crippen LogP contribution in [0.1, 0.15) is 0 Å². The van der Waals surface area contributed by atoms with Gasteiger partial charge in [-0.2, -0.15) is 5.10 Å². The Morgan fingerprint density at radius 1 is 1.50 bits per heavy atom. The molecule has 0 radical (unpaired) electrons. The Labute approximate surface area is 50.8 Å². The lowest BCUT2D eigenvalue weighted by molar-refractivity contribution is 0.881. The third kappa shape index (κ3) is 1.04. The Morgan fingerprint density at radius 2 is 2.12 bits per heavy atom. The van der Waals surface area contributed by atoms with E-state index in [9.17, 15) is 0 Å². The van der Waals surface area contributed by atoms with E-state index in [0.717, 1.165) is 5.67 Å². The minimum Gasteiger partial charge on any atom is -0.207 e. The summed E-state index contributed by atoms with van der Waals surface area (Å²) < 4.78 is 1.40. The highest BCUT2D eigenvalue weighted by Gasteiger charge is 1.78. The molecule has 8 heavy (non-hydrogen) atoms. The second-order valence-electron chi connectivity index (χ2n) is 1.05. The van der Waals surface area contributed by atoms with Crippen molar-refractivity contribution in [3.05, 3.63) is 12.7 Å². The monoisotopic (exact) mass is 130 g/mol. The molecule has 0 aliphatic rings. The summed E-state index contributed by atoms with van der Waals surface area (Å²) in [6.45, 7) is 0. The van der Waals surface area contributed by atoms with Crippen LogP contribution in [0, 0.1) is 0 Å². The lowest BCUT2D eigenvalue weighted by atomic mass is 11.2. The second-order valence-corrected chi connectivity index (χ2v) is 1.25. The van der Waals surface area contributed by atoms with Crippen LogP contribution in [0.3, 0.4) is 0 Å². The van der Waals surface area contributed by atoms with Gasteiger partial charge >= 0.3 is 0 Å². The highest BCUT2D eigenvalue weighted by molar-refractivity contribution is 6.56. The molecular formula is C3H3ClN4. The first-order chi connectivity index (χ1) is 3.93. The molecule has 0 spiro atoms. The Morgan fingerprint density at radius 3 is 2.62 bits per heavy atom. The van der Waals surface area contributed by atoms with Gasteiger partial charge in [0.25, 0.3) is 0 Å². The third-order valence-electron chi connectivity index (χ3n) is 0.584. The number of halogens is 1. The van der Waals surface area contributed by atoms with E-state index in [2.05, 4.69) is 15.3 Å². The minimum atomic E-state index is 1.14. The summed E-state index contributed by atoms with van der Waals surface area (Å²) >= 11 is 5.12. The summed E-state index contributed by atoms with van der Waals surface area (Å²) in [6, 6.07) is 0. The maximum absolute atomic E-state index is 5.12. The number of rotatable bonds is 1. The van der Waals surface area contributed by atoms with E-state index in [4.69, 9.17) is 11.6 Å². The Hall–Kier alpha value is -0.900. The van der Waals surface area contributed by atoms with Crippen LogP contribution in [-0.2, 0) is 0 Å². The van der Waals surface area contributed by atoms with Gasteiger partial charge in [-0.3, -0.25) is 0 Å². The molecule has 1 rings (SSSR count). The van der Waals surface area contributed by atoms with Crippen LogP contribution in [0.4, 0.5) is 0 Å². The molecule has 0 atom stereocenters. The van der Waals surface area contributed by atoms with Gasteiger partial charge in [-0.05, 0) is 0 Å². The van der Waals surface area contributed by atoms with Gasteiger partial charge < -0.3 is 0 Å². The van der Waals surface area contributed by atoms with Gasteiger partial charge in [0.2, 0.25) is 0 Å². The average Bonchev–Trinajstić information content (AvgIpc) is 2.19. The van der Waals surface area contributed by atoms with E-state index in [1.807, 2.05) is 0 Å². The summed E-state index contributed by atoms with van der Waals surface area (Å²) in [5, 5.41) is 10.6. The number of hydrogen-bond acceptors (Lipinski definition) is 3. The van der Waals surface area contributed by atoms with Crippen molar-refractivity contribution in [2.24, 2.45) is 5.10 Å². The summed E-state index contributed by atoms with van der Waals surface area (Å²) in [4.78, 5) is 0. The average molecular weight is 131 g/mol. The maximum Gasteiger partial charge on any atom is 0.141 e. The molecule has 0 unspecified atom stereocenters. The van der Waals surface area contributed by atoms with Gasteiger partial charge in [0.15, 0.2) is 0 Å². The molecule has 5 heteroatoms. The summed E-state index contributed by atoms with van der Waals surface area (Å²) in [5.41, 5.74) is 1.14. The van der Waals surface area contributed by atoms with E-state index >= 15 is 0 Å². The van der Waals surface area contributed by atoms with Crippen molar-refractivity contribution in [1.29, 1.82) is 0 Å². The van der Waals surface area contributed by atoms with Gasteiger partial charge in [-0.1, -0.05) is 11.6 Å². The molecule has 0 fully saturated rings. The molecule has 0 aromatic carbocycles. The first kappa shape index (κ1) is 5.24. The van der Waals surface area contributed by atoms with Crippen LogP contribution < -0.4 is 0 Å². The van der Waals surface area contributed by atoms with Gasteiger partial charge in [0.05, 0.1) is 0 Å². The van der Waals surface area contributed by atoms with E-state index in [1.165, 1.54) is 17.3 Å².